The van der Waals surface area contributed by atoms with Crippen LogP contribution in [0, 0.1) is 6.92 Å². The summed E-state index contributed by atoms with van der Waals surface area (Å²) < 4.78 is 13.2. The van der Waals surface area contributed by atoms with E-state index in [0.717, 1.165) is 37.0 Å². The highest BCUT2D eigenvalue weighted by molar-refractivity contribution is 6.03. The molecule has 5 rings (SSSR count). The molecule has 1 aliphatic heterocycles. The highest BCUT2D eigenvalue weighted by atomic mass is 16.3. The van der Waals surface area contributed by atoms with Gasteiger partial charge in [0.05, 0.1) is 24.9 Å². The number of carbonyl (C=O) groups is 2. The van der Waals surface area contributed by atoms with E-state index in [4.69, 9.17) is 8.83 Å². The van der Waals surface area contributed by atoms with Crippen molar-refractivity contribution in [3.8, 4) is 0 Å². The maximum Gasteiger partial charge on any atom is 0.272 e. The van der Waals surface area contributed by atoms with Crippen LogP contribution in [-0.2, 0) is 17.9 Å². The molecule has 0 spiro atoms. The smallest absolute Gasteiger partial charge is 0.272 e. The van der Waals surface area contributed by atoms with Gasteiger partial charge in [0, 0.05) is 18.2 Å². The lowest BCUT2D eigenvalue weighted by Crippen LogP contribution is -2.64. The SMILES string of the molecule is Cc1cc2c(cc3n2C[C@@](C)(C(=O)NC2CCCCC2)N(Cc2ccco2)C3=O)o1. The van der Waals surface area contributed by atoms with Crippen molar-refractivity contribution in [1.82, 2.24) is 14.8 Å². The van der Waals surface area contributed by atoms with Crippen molar-refractivity contribution < 1.29 is 18.4 Å². The number of rotatable bonds is 4. The number of nitrogens with zero attached hydrogens (tertiary/aromatic N) is 2. The average molecular weight is 409 g/mol. The summed E-state index contributed by atoms with van der Waals surface area (Å²) in [7, 11) is 0. The molecule has 1 aliphatic carbocycles. The first-order chi connectivity index (χ1) is 14.5. The average Bonchev–Trinajstić information content (AvgIpc) is 3.43. The Morgan fingerprint density at radius 2 is 2.07 bits per heavy atom. The van der Waals surface area contributed by atoms with Gasteiger partial charge in [0.2, 0.25) is 5.91 Å². The maximum atomic E-state index is 13.6. The number of carbonyl (C=O) groups excluding carboxylic acids is 2. The molecule has 1 N–H and O–H groups in total. The number of fused-ring (bicyclic) bond motifs is 3. The Labute approximate surface area is 175 Å². The van der Waals surface area contributed by atoms with E-state index in [9.17, 15) is 9.59 Å². The molecule has 7 heteroatoms. The number of hydrogen-bond acceptors (Lipinski definition) is 4. The Morgan fingerprint density at radius 3 is 2.80 bits per heavy atom. The highest BCUT2D eigenvalue weighted by Gasteiger charge is 2.48. The topological polar surface area (TPSA) is 80.6 Å². The number of amides is 2. The first kappa shape index (κ1) is 19.0. The minimum Gasteiger partial charge on any atom is -0.467 e. The van der Waals surface area contributed by atoms with E-state index < -0.39 is 5.54 Å². The predicted molar refractivity (Wildman–Crippen MR) is 111 cm³/mol. The van der Waals surface area contributed by atoms with E-state index in [-0.39, 0.29) is 24.4 Å². The molecule has 0 saturated heterocycles. The van der Waals surface area contributed by atoms with Crippen LogP contribution >= 0.6 is 0 Å². The summed E-state index contributed by atoms with van der Waals surface area (Å²) >= 11 is 0. The van der Waals surface area contributed by atoms with Gasteiger partial charge in [-0.1, -0.05) is 19.3 Å². The lowest BCUT2D eigenvalue weighted by molar-refractivity contribution is -0.134. The van der Waals surface area contributed by atoms with Crippen molar-refractivity contribution >= 4 is 22.9 Å². The van der Waals surface area contributed by atoms with Crippen LogP contribution in [-0.4, -0.2) is 32.9 Å². The first-order valence-electron chi connectivity index (χ1n) is 10.7. The van der Waals surface area contributed by atoms with Crippen LogP contribution in [0.3, 0.4) is 0 Å². The lowest BCUT2D eigenvalue weighted by atomic mass is 9.91. The summed E-state index contributed by atoms with van der Waals surface area (Å²) in [5.74, 6) is 1.14. The van der Waals surface area contributed by atoms with Crippen LogP contribution in [0.1, 0.15) is 61.0 Å². The van der Waals surface area contributed by atoms with Gasteiger partial charge >= 0.3 is 0 Å². The lowest BCUT2D eigenvalue weighted by Gasteiger charge is -2.44. The van der Waals surface area contributed by atoms with Gasteiger partial charge in [-0.25, -0.2) is 0 Å². The molecule has 0 aromatic carbocycles. The van der Waals surface area contributed by atoms with Crippen LogP contribution in [0.15, 0.2) is 39.4 Å². The molecule has 1 atom stereocenters. The normalized spacial score (nSPS) is 22.5. The van der Waals surface area contributed by atoms with E-state index in [1.165, 1.54) is 6.42 Å². The van der Waals surface area contributed by atoms with E-state index in [1.807, 2.05) is 30.5 Å². The number of nitrogens with one attached hydrogen (secondary N) is 1. The molecular weight excluding hydrogens is 382 g/mol. The van der Waals surface area contributed by atoms with Crippen molar-refractivity contribution in [2.24, 2.45) is 0 Å². The quantitative estimate of drug-likeness (QED) is 0.706. The van der Waals surface area contributed by atoms with Gasteiger partial charge < -0.3 is 23.6 Å². The molecular formula is C23H27N3O4. The second kappa shape index (κ2) is 7.07. The Balaban J connectivity index is 1.54. The fourth-order valence-corrected chi connectivity index (χ4v) is 4.86. The summed E-state index contributed by atoms with van der Waals surface area (Å²) in [4.78, 5) is 28.8. The number of aromatic nitrogens is 1. The summed E-state index contributed by atoms with van der Waals surface area (Å²) in [5, 5.41) is 3.24. The Kier molecular flexibility index (Phi) is 4.49. The monoisotopic (exact) mass is 409 g/mol. The fourth-order valence-electron chi connectivity index (χ4n) is 4.86. The van der Waals surface area contributed by atoms with Gasteiger partial charge in [0.1, 0.15) is 22.8 Å². The van der Waals surface area contributed by atoms with E-state index >= 15 is 0 Å². The number of hydrogen-bond donors (Lipinski definition) is 1. The first-order valence-corrected chi connectivity index (χ1v) is 10.7. The van der Waals surface area contributed by atoms with Crippen LogP contribution in [0.5, 0.6) is 0 Å². The van der Waals surface area contributed by atoms with Crippen molar-refractivity contribution in [3.05, 3.63) is 47.7 Å². The Hall–Kier alpha value is -2.96. The molecule has 7 nitrogen and oxygen atoms in total. The third-order valence-electron chi connectivity index (χ3n) is 6.56. The van der Waals surface area contributed by atoms with Crippen LogP contribution < -0.4 is 5.32 Å². The second-order valence-corrected chi connectivity index (χ2v) is 8.78. The molecule has 1 saturated carbocycles. The Morgan fingerprint density at radius 1 is 1.27 bits per heavy atom. The predicted octanol–water partition coefficient (Wildman–Crippen LogP) is 4.00. The van der Waals surface area contributed by atoms with Gasteiger partial charge in [-0.3, -0.25) is 9.59 Å². The van der Waals surface area contributed by atoms with Crippen molar-refractivity contribution in [2.75, 3.05) is 0 Å². The van der Waals surface area contributed by atoms with Crippen molar-refractivity contribution in [1.29, 1.82) is 0 Å². The second-order valence-electron chi connectivity index (χ2n) is 8.78. The summed E-state index contributed by atoms with van der Waals surface area (Å²) in [6.07, 6.45) is 7.06. The van der Waals surface area contributed by atoms with Crippen molar-refractivity contribution in [3.63, 3.8) is 0 Å². The molecule has 2 aliphatic rings. The zero-order valence-corrected chi connectivity index (χ0v) is 17.4. The fraction of sp³-hybridized carbons (Fsp3) is 0.478. The zero-order valence-electron chi connectivity index (χ0n) is 17.4. The minimum absolute atomic E-state index is 0.109. The number of aryl methyl sites for hydroxylation is 1. The molecule has 1 fully saturated rings. The third kappa shape index (κ3) is 3.04. The highest BCUT2D eigenvalue weighted by Crippen LogP contribution is 2.35. The maximum absolute atomic E-state index is 13.6. The molecule has 0 radical (unpaired) electrons. The van der Waals surface area contributed by atoms with Gasteiger partial charge in [0.25, 0.3) is 5.91 Å². The number of furan rings is 2. The third-order valence-corrected chi connectivity index (χ3v) is 6.56. The van der Waals surface area contributed by atoms with E-state index in [2.05, 4.69) is 5.32 Å². The molecule has 30 heavy (non-hydrogen) atoms. The summed E-state index contributed by atoms with van der Waals surface area (Å²) in [5.41, 5.74) is 1.03. The standard InChI is InChI=1S/C23H27N3O4/c1-15-11-18-20(30-15)12-19-21(27)26(13-17-9-6-10-29-17)23(2,14-25(18)19)22(28)24-16-7-4-3-5-8-16/h6,9-12,16H,3-5,7-8,13-14H2,1-2H3,(H,24,28)/t23-/m0/s1. The molecule has 0 bridgehead atoms. The van der Waals surface area contributed by atoms with Gasteiger partial charge in [-0.05, 0) is 38.8 Å². The van der Waals surface area contributed by atoms with E-state index in [0.29, 0.717) is 23.6 Å². The molecule has 3 aromatic heterocycles. The van der Waals surface area contributed by atoms with Crippen LogP contribution in [0.2, 0.25) is 0 Å². The molecule has 3 aromatic rings. The largest absolute Gasteiger partial charge is 0.467 e. The zero-order chi connectivity index (χ0) is 20.9. The van der Waals surface area contributed by atoms with Gasteiger partial charge in [-0.15, -0.1) is 0 Å². The minimum atomic E-state index is -1.04. The molecule has 158 valence electrons. The molecule has 4 heterocycles. The summed E-state index contributed by atoms with van der Waals surface area (Å²) in [6, 6.07) is 7.50. The molecule has 0 unspecified atom stereocenters. The van der Waals surface area contributed by atoms with Gasteiger partial charge in [0.15, 0.2) is 5.58 Å². The van der Waals surface area contributed by atoms with E-state index in [1.54, 1.807) is 23.3 Å². The Bertz CT molecular complexity index is 1090. The van der Waals surface area contributed by atoms with Gasteiger partial charge in [-0.2, -0.15) is 0 Å². The van der Waals surface area contributed by atoms with Crippen molar-refractivity contribution in [2.45, 2.75) is 70.6 Å². The van der Waals surface area contributed by atoms with Crippen LogP contribution in [0.4, 0.5) is 0 Å². The molecule has 2 amide bonds. The van der Waals surface area contributed by atoms with Crippen LogP contribution in [0.25, 0.3) is 11.1 Å². The summed E-state index contributed by atoms with van der Waals surface area (Å²) in [6.45, 7) is 4.35.